The van der Waals surface area contributed by atoms with Crippen molar-refractivity contribution in [2.24, 2.45) is 5.10 Å². The molecule has 2 amide bonds. The number of nitrogens with one attached hydrogen (secondary N) is 2. The van der Waals surface area contributed by atoms with Crippen LogP contribution >= 0.6 is 11.8 Å². The van der Waals surface area contributed by atoms with Gasteiger partial charge in [-0.15, -0.1) is 11.8 Å². The van der Waals surface area contributed by atoms with Gasteiger partial charge >= 0.3 is 0 Å². The van der Waals surface area contributed by atoms with Crippen molar-refractivity contribution < 1.29 is 9.59 Å². The predicted molar refractivity (Wildman–Crippen MR) is 114 cm³/mol. The predicted octanol–water partition coefficient (Wildman–Crippen LogP) is 3.83. The smallest absolute Gasteiger partial charge is 0.250 e. The van der Waals surface area contributed by atoms with E-state index in [4.69, 9.17) is 0 Å². The summed E-state index contributed by atoms with van der Waals surface area (Å²) in [4.78, 5) is 28.7. The summed E-state index contributed by atoms with van der Waals surface area (Å²) in [5.74, 6) is -0.103. The molecule has 2 aromatic carbocycles. The van der Waals surface area contributed by atoms with Crippen LogP contribution in [0.1, 0.15) is 19.4 Å². The summed E-state index contributed by atoms with van der Waals surface area (Å²) in [6.07, 6.45) is 1.75. The van der Waals surface area contributed by atoms with Crippen LogP contribution in [-0.4, -0.2) is 28.3 Å². The second-order valence-corrected chi connectivity index (χ2v) is 7.13. The summed E-state index contributed by atoms with van der Waals surface area (Å²) >= 11 is 1.42. The monoisotopic (exact) mass is 392 g/mol. The van der Waals surface area contributed by atoms with Crippen LogP contribution in [0.3, 0.4) is 0 Å². The van der Waals surface area contributed by atoms with E-state index < -0.39 is 0 Å². The molecule has 0 saturated carbocycles. The number of aromatic nitrogens is 1. The Morgan fingerprint density at radius 2 is 1.86 bits per heavy atom. The van der Waals surface area contributed by atoms with Crippen LogP contribution in [0.2, 0.25) is 0 Å². The maximum atomic E-state index is 12.2. The molecule has 1 aromatic heterocycles. The third-order valence-electron chi connectivity index (χ3n) is 3.90. The average Bonchev–Trinajstić information content (AvgIpc) is 2.70. The van der Waals surface area contributed by atoms with E-state index in [2.05, 4.69) is 20.8 Å². The van der Waals surface area contributed by atoms with Crippen LogP contribution in [0.15, 0.2) is 70.8 Å². The summed E-state index contributed by atoms with van der Waals surface area (Å²) in [6, 6.07) is 17.1. The van der Waals surface area contributed by atoms with Gasteiger partial charge < -0.3 is 5.32 Å². The molecule has 142 valence electrons. The SMILES string of the molecule is CC(=O)Nc1cccc(/C(C)=N\NC(=O)CSc2cccc3cccnc23)c1. The Hall–Kier alpha value is -3.19. The normalized spacial score (nSPS) is 11.3. The number of amides is 2. The molecule has 6 nitrogen and oxygen atoms in total. The van der Waals surface area contributed by atoms with Gasteiger partial charge in [0.25, 0.3) is 0 Å². The first-order chi connectivity index (χ1) is 13.5. The second kappa shape index (κ2) is 9.14. The van der Waals surface area contributed by atoms with Crippen molar-refractivity contribution in [3.8, 4) is 0 Å². The lowest BCUT2D eigenvalue weighted by atomic mass is 10.1. The minimum atomic E-state index is -0.199. The van der Waals surface area contributed by atoms with Crippen molar-refractivity contribution in [2.45, 2.75) is 18.7 Å². The van der Waals surface area contributed by atoms with Gasteiger partial charge in [-0.2, -0.15) is 5.10 Å². The van der Waals surface area contributed by atoms with Crippen LogP contribution in [0.4, 0.5) is 5.69 Å². The quantitative estimate of drug-likeness (QED) is 0.379. The van der Waals surface area contributed by atoms with Gasteiger partial charge in [-0.3, -0.25) is 14.6 Å². The lowest BCUT2D eigenvalue weighted by Gasteiger charge is -2.07. The third kappa shape index (κ3) is 5.17. The molecule has 3 rings (SSSR count). The minimum Gasteiger partial charge on any atom is -0.326 e. The molecule has 0 unspecified atom stereocenters. The zero-order valence-corrected chi connectivity index (χ0v) is 16.4. The van der Waals surface area contributed by atoms with Gasteiger partial charge in [0, 0.05) is 29.1 Å². The van der Waals surface area contributed by atoms with Gasteiger partial charge in [-0.25, -0.2) is 5.43 Å². The maximum absolute atomic E-state index is 12.2. The number of pyridine rings is 1. The van der Waals surface area contributed by atoms with E-state index in [9.17, 15) is 9.59 Å². The first-order valence-electron chi connectivity index (χ1n) is 8.70. The molecule has 0 radical (unpaired) electrons. The summed E-state index contributed by atoms with van der Waals surface area (Å²) in [6.45, 7) is 3.26. The molecule has 0 atom stereocenters. The lowest BCUT2D eigenvalue weighted by molar-refractivity contribution is -0.118. The average molecular weight is 392 g/mol. The van der Waals surface area contributed by atoms with E-state index >= 15 is 0 Å². The second-order valence-electron chi connectivity index (χ2n) is 6.11. The van der Waals surface area contributed by atoms with Gasteiger partial charge in [-0.05, 0) is 36.8 Å². The van der Waals surface area contributed by atoms with Crippen LogP contribution in [0, 0.1) is 0 Å². The standard InChI is InChI=1S/C21H20N4O2S/c1-14(17-7-3-9-18(12-17)23-15(2)26)24-25-20(27)13-28-19-10-4-6-16-8-5-11-22-21(16)19/h3-12H,13H2,1-2H3,(H,23,26)(H,25,27)/b24-14-. The number of hydrogen-bond donors (Lipinski definition) is 2. The number of para-hydroxylation sites is 1. The Morgan fingerprint density at radius 3 is 2.68 bits per heavy atom. The topological polar surface area (TPSA) is 83.5 Å². The maximum Gasteiger partial charge on any atom is 0.250 e. The van der Waals surface area contributed by atoms with Gasteiger partial charge in [0.15, 0.2) is 0 Å². The number of anilines is 1. The zero-order valence-electron chi connectivity index (χ0n) is 15.6. The lowest BCUT2D eigenvalue weighted by Crippen LogP contribution is -2.21. The van der Waals surface area contributed by atoms with E-state index in [1.165, 1.54) is 18.7 Å². The fourth-order valence-electron chi connectivity index (χ4n) is 2.60. The highest BCUT2D eigenvalue weighted by Gasteiger charge is 2.07. The van der Waals surface area contributed by atoms with Gasteiger partial charge in [0.1, 0.15) is 0 Å². The van der Waals surface area contributed by atoms with Crippen molar-refractivity contribution in [3.63, 3.8) is 0 Å². The number of hydrazone groups is 1. The number of thioether (sulfide) groups is 1. The molecule has 0 aliphatic heterocycles. The van der Waals surface area contributed by atoms with Crippen LogP contribution in [0.25, 0.3) is 10.9 Å². The highest BCUT2D eigenvalue weighted by atomic mass is 32.2. The largest absolute Gasteiger partial charge is 0.326 e. The van der Waals surface area contributed by atoms with Gasteiger partial charge in [0.2, 0.25) is 11.8 Å². The molecule has 0 bridgehead atoms. The first-order valence-corrected chi connectivity index (χ1v) is 9.69. The minimum absolute atomic E-state index is 0.139. The van der Waals surface area contributed by atoms with Gasteiger partial charge in [-0.1, -0.05) is 30.3 Å². The van der Waals surface area contributed by atoms with E-state index in [0.29, 0.717) is 11.4 Å². The van der Waals surface area contributed by atoms with Crippen LogP contribution < -0.4 is 10.7 Å². The van der Waals surface area contributed by atoms with E-state index in [1.807, 2.05) is 48.5 Å². The number of hydrogen-bond acceptors (Lipinski definition) is 5. The van der Waals surface area contributed by atoms with Crippen LogP contribution in [0.5, 0.6) is 0 Å². The molecule has 1 heterocycles. The molecule has 7 heteroatoms. The molecule has 2 N–H and O–H groups in total. The van der Waals surface area contributed by atoms with Crippen molar-refractivity contribution in [1.82, 2.24) is 10.4 Å². The molecular formula is C21H20N4O2S. The molecule has 28 heavy (non-hydrogen) atoms. The summed E-state index contributed by atoms with van der Waals surface area (Å²) in [7, 11) is 0. The van der Waals surface area contributed by atoms with Crippen molar-refractivity contribution in [3.05, 3.63) is 66.4 Å². The Kier molecular flexibility index (Phi) is 6.39. The molecular weight excluding hydrogens is 372 g/mol. The number of carbonyl (C=O) groups is 2. The Bertz CT molecular complexity index is 1040. The van der Waals surface area contributed by atoms with Crippen molar-refractivity contribution >= 4 is 45.9 Å². The summed E-state index contributed by atoms with van der Waals surface area (Å²) in [5, 5.41) is 7.93. The van der Waals surface area contributed by atoms with Gasteiger partial charge in [0.05, 0.1) is 17.0 Å². The van der Waals surface area contributed by atoms with Crippen molar-refractivity contribution in [1.29, 1.82) is 0 Å². The highest BCUT2D eigenvalue weighted by Crippen LogP contribution is 2.25. The molecule has 0 fully saturated rings. The Labute approximate surface area is 167 Å². The van der Waals surface area contributed by atoms with E-state index in [-0.39, 0.29) is 17.6 Å². The number of rotatable bonds is 6. The van der Waals surface area contributed by atoms with Crippen molar-refractivity contribution in [2.75, 3.05) is 11.1 Å². The summed E-state index contributed by atoms with van der Waals surface area (Å²) < 4.78 is 0. The third-order valence-corrected chi connectivity index (χ3v) is 4.95. The summed E-state index contributed by atoms with van der Waals surface area (Å²) in [5.41, 5.74) is 5.62. The molecule has 0 aliphatic rings. The molecule has 3 aromatic rings. The number of carbonyl (C=O) groups excluding carboxylic acids is 2. The van der Waals surface area contributed by atoms with E-state index in [1.54, 1.807) is 19.2 Å². The molecule has 0 aliphatic carbocycles. The first kappa shape index (κ1) is 19.6. The number of nitrogens with zero attached hydrogens (tertiary/aromatic N) is 2. The fraction of sp³-hybridized carbons (Fsp3) is 0.143. The Balaban J connectivity index is 1.61. The highest BCUT2D eigenvalue weighted by molar-refractivity contribution is 8.00. The Morgan fingerprint density at radius 1 is 1.07 bits per heavy atom. The number of benzene rings is 2. The number of fused-ring (bicyclic) bond motifs is 1. The van der Waals surface area contributed by atoms with Crippen LogP contribution in [-0.2, 0) is 9.59 Å². The molecule has 0 saturated heterocycles. The van der Waals surface area contributed by atoms with E-state index in [0.717, 1.165) is 21.4 Å². The molecule has 0 spiro atoms. The zero-order chi connectivity index (χ0) is 19.9. The fourth-order valence-corrected chi connectivity index (χ4v) is 3.44.